The van der Waals surface area contributed by atoms with Gasteiger partial charge >= 0.3 is 0 Å². The molecule has 0 atom stereocenters. The third-order valence-electron chi connectivity index (χ3n) is 3.17. The third-order valence-corrected chi connectivity index (χ3v) is 3.89. The number of pyridine rings is 1. The van der Waals surface area contributed by atoms with Crippen molar-refractivity contribution in [2.24, 2.45) is 0 Å². The van der Waals surface area contributed by atoms with Gasteiger partial charge in [-0.05, 0) is 36.6 Å². The molecule has 0 bridgehead atoms. The Morgan fingerprint density at radius 2 is 2.10 bits per heavy atom. The van der Waals surface area contributed by atoms with Gasteiger partial charge in [0.15, 0.2) is 0 Å². The summed E-state index contributed by atoms with van der Waals surface area (Å²) in [5.74, 6) is 0. The number of anilines is 1. The van der Waals surface area contributed by atoms with Gasteiger partial charge in [-0.15, -0.1) is 11.8 Å². The van der Waals surface area contributed by atoms with Crippen molar-refractivity contribution in [2.75, 3.05) is 11.6 Å². The van der Waals surface area contributed by atoms with Gasteiger partial charge in [0.25, 0.3) is 5.56 Å². The molecule has 5 heteroatoms. The predicted octanol–water partition coefficient (Wildman–Crippen LogP) is 3.03. The summed E-state index contributed by atoms with van der Waals surface area (Å²) in [6.07, 6.45) is 3.77. The normalized spacial score (nSPS) is 10.7. The first-order chi connectivity index (χ1) is 10.3. The van der Waals surface area contributed by atoms with Crippen LogP contribution in [0.4, 0.5) is 5.69 Å². The minimum Gasteiger partial charge on any atom is -0.379 e. The van der Waals surface area contributed by atoms with E-state index in [-0.39, 0.29) is 5.56 Å². The largest absolute Gasteiger partial charge is 0.379 e. The van der Waals surface area contributed by atoms with Crippen LogP contribution in [0.25, 0.3) is 5.65 Å². The zero-order chi connectivity index (χ0) is 14.7. The van der Waals surface area contributed by atoms with Crippen LogP contribution in [0, 0.1) is 0 Å². The molecule has 0 amide bonds. The molecular weight excluding hydrogens is 282 g/mol. The minimum atomic E-state index is -0.0599. The summed E-state index contributed by atoms with van der Waals surface area (Å²) in [6.45, 7) is 0.526. The number of benzene rings is 1. The maximum Gasteiger partial charge on any atom is 0.258 e. The van der Waals surface area contributed by atoms with Crippen LogP contribution in [0.5, 0.6) is 0 Å². The molecule has 0 unspecified atom stereocenters. The highest BCUT2D eigenvalue weighted by atomic mass is 32.2. The Morgan fingerprint density at radius 1 is 1.19 bits per heavy atom. The monoisotopic (exact) mass is 297 g/mol. The van der Waals surface area contributed by atoms with Gasteiger partial charge in [-0.3, -0.25) is 9.20 Å². The molecule has 1 N–H and O–H groups in total. The zero-order valence-corrected chi connectivity index (χ0v) is 12.4. The van der Waals surface area contributed by atoms with Crippen molar-refractivity contribution in [1.29, 1.82) is 0 Å². The molecule has 0 fully saturated rings. The van der Waals surface area contributed by atoms with Crippen molar-refractivity contribution >= 4 is 23.1 Å². The van der Waals surface area contributed by atoms with Crippen LogP contribution in [-0.4, -0.2) is 15.6 Å². The van der Waals surface area contributed by atoms with Crippen molar-refractivity contribution in [3.63, 3.8) is 0 Å². The average molecular weight is 297 g/mol. The molecule has 4 nitrogen and oxygen atoms in total. The van der Waals surface area contributed by atoms with E-state index in [2.05, 4.69) is 22.4 Å². The second-order valence-corrected chi connectivity index (χ2v) is 5.48. The number of hydrogen-bond acceptors (Lipinski definition) is 4. The number of rotatable bonds is 4. The van der Waals surface area contributed by atoms with Gasteiger partial charge in [-0.1, -0.05) is 12.1 Å². The first kappa shape index (κ1) is 13.7. The van der Waals surface area contributed by atoms with Gasteiger partial charge < -0.3 is 5.32 Å². The van der Waals surface area contributed by atoms with Crippen molar-refractivity contribution in [3.05, 3.63) is 70.8 Å². The molecule has 1 aromatic carbocycles. The summed E-state index contributed by atoms with van der Waals surface area (Å²) in [4.78, 5) is 17.7. The molecular formula is C16H15N3OS. The van der Waals surface area contributed by atoms with E-state index in [1.165, 1.54) is 9.30 Å². The highest BCUT2D eigenvalue weighted by molar-refractivity contribution is 7.98. The van der Waals surface area contributed by atoms with Gasteiger partial charge in [0, 0.05) is 22.8 Å². The Morgan fingerprint density at radius 3 is 2.95 bits per heavy atom. The number of thioether (sulfide) groups is 1. The number of hydrogen-bond donors (Lipinski definition) is 1. The molecule has 3 rings (SSSR count). The first-order valence-electron chi connectivity index (χ1n) is 6.61. The Balaban J connectivity index is 1.83. The van der Waals surface area contributed by atoms with Gasteiger partial charge in [0.05, 0.1) is 12.2 Å². The molecule has 2 heterocycles. The minimum absolute atomic E-state index is 0.0599. The lowest BCUT2D eigenvalue weighted by Crippen LogP contribution is -2.16. The molecule has 0 saturated heterocycles. The Labute approximate surface area is 126 Å². The van der Waals surface area contributed by atoms with Crippen LogP contribution in [0.3, 0.4) is 0 Å². The van der Waals surface area contributed by atoms with Crippen molar-refractivity contribution in [2.45, 2.75) is 11.4 Å². The van der Waals surface area contributed by atoms with Crippen molar-refractivity contribution < 1.29 is 0 Å². The molecule has 0 radical (unpaired) electrons. The lowest BCUT2D eigenvalue weighted by atomic mass is 10.3. The average Bonchev–Trinajstić information content (AvgIpc) is 2.53. The Hall–Kier alpha value is -2.27. The standard InChI is InChI=1S/C16H15N3OS/c1-21-14-6-4-5-12(9-14)17-11-13-10-16(20)19-8-3-2-7-15(19)18-13/h2-10,17H,11H2,1H3. The fourth-order valence-corrected chi connectivity index (χ4v) is 2.58. The fraction of sp³-hybridized carbons (Fsp3) is 0.125. The summed E-state index contributed by atoms with van der Waals surface area (Å²) in [7, 11) is 0. The van der Waals surface area contributed by atoms with Gasteiger partial charge in [0.1, 0.15) is 5.65 Å². The van der Waals surface area contributed by atoms with Gasteiger partial charge in [-0.2, -0.15) is 0 Å². The van der Waals surface area contributed by atoms with Crippen LogP contribution < -0.4 is 10.9 Å². The van der Waals surface area contributed by atoms with Crippen molar-refractivity contribution in [1.82, 2.24) is 9.38 Å². The van der Waals surface area contributed by atoms with Gasteiger partial charge in [-0.25, -0.2) is 4.98 Å². The summed E-state index contributed by atoms with van der Waals surface area (Å²) < 4.78 is 1.54. The maximum atomic E-state index is 12.0. The third kappa shape index (κ3) is 3.08. The molecule has 0 spiro atoms. The van der Waals surface area contributed by atoms with Crippen LogP contribution in [0.15, 0.2) is 64.4 Å². The highest BCUT2D eigenvalue weighted by Gasteiger charge is 2.02. The van der Waals surface area contributed by atoms with E-state index in [1.807, 2.05) is 36.6 Å². The van der Waals surface area contributed by atoms with E-state index in [9.17, 15) is 4.79 Å². The van der Waals surface area contributed by atoms with Crippen LogP contribution in [0.1, 0.15) is 5.69 Å². The molecule has 21 heavy (non-hydrogen) atoms. The SMILES string of the molecule is CSc1cccc(NCc2cc(=O)n3ccccc3n2)c1. The van der Waals surface area contributed by atoms with E-state index in [0.29, 0.717) is 12.2 Å². The van der Waals surface area contributed by atoms with E-state index in [1.54, 1.807) is 24.0 Å². The van der Waals surface area contributed by atoms with Gasteiger partial charge in [0.2, 0.25) is 0 Å². The summed E-state index contributed by atoms with van der Waals surface area (Å²) in [5, 5.41) is 3.30. The second kappa shape index (κ2) is 6.01. The van der Waals surface area contributed by atoms with E-state index in [0.717, 1.165) is 11.4 Å². The molecule has 0 aliphatic carbocycles. The van der Waals surface area contributed by atoms with Crippen LogP contribution in [0.2, 0.25) is 0 Å². The highest BCUT2D eigenvalue weighted by Crippen LogP contribution is 2.19. The maximum absolute atomic E-state index is 12.0. The Bertz CT molecular complexity index is 829. The molecule has 106 valence electrons. The summed E-state index contributed by atoms with van der Waals surface area (Å²) in [6, 6.07) is 15.3. The quantitative estimate of drug-likeness (QED) is 0.752. The lowest BCUT2D eigenvalue weighted by Gasteiger charge is -2.08. The lowest BCUT2D eigenvalue weighted by molar-refractivity contribution is 0.971. The van der Waals surface area contributed by atoms with E-state index in [4.69, 9.17) is 0 Å². The number of aromatic nitrogens is 2. The number of nitrogens with one attached hydrogen (secondary N) is 1. The summed E-state index contributed by atoms with van der Waals surface area (Å²) in [5.41, 5.74) is 2.37. The van der Waals surface area contributed by atoms with Crippen molar-refractivity contribution in [3.8, 4) is 0 Å². The predicted molar refractivity (Wildman–Crippen MR) is 87.0 cm³/mol. The molecule has 0 saturated carbocycles. The van der Waals surface area contributed by atoms with Crippen LogP contribution in [-0.2, 0) is 6.54 Å². The topological polar surface area (TPSA) is 46.4 Å². The Kier molecular flexibility index (Phi) is 3.92. The zero-order valence-electron chi connectivity index (χ0n) is 11.6. The molecule has 3 aromatic rings. The van der Waals surface area contributed by atoms with Crippen LogP contribution >= 0.6 is 11.8 Å². The summed E-state index contributed by atoms with van der Waals surface area (Å²) >= 11 is 1.70. The molecule has 0 aliphatic heterocycles. The molecule has 0 aliphatic rings. The second-order valence-electron chi connectivity index (χ2n) is 4.60. The molecule has 2 aromatic heterocycles. The number of fused-ring (bicyclic) bond motifs is 1. The number of nitrogens with zero attached hydrogens (tertiary/aromatic N) is 2. The smallest absolute Gasteiger partial charge is 0.258 e. The van der Waals surface area contributed by atoms with E-state index >= 15 is 0 Å². The fourth-order valence-electron chi connectivity index (χ4n) is 2.12. The van der Waals surface area contributed by atoms with E-state index < -0.39 is 0 Å². The first-order valence-corrected chi connectivity index (χ1v) is 7.84.